The maximum atomic E-state index is 14.8. The quantitative estimate of drug-likeness (QED) is 0.905. The van der Waals surface area contributed by atoms with E-state index in [2.05, 4.69) is 4.90 Å². The summed E-state index contributed by atoms with van der Waals surface area (Å²) in [6, 6.07) is 2.87. The van der Waals surface area contributed by atoms with E-state index < -0.39 is 17.2 Å². The van der Waals surface area contributed by atoms with Gasteiger partial charge in [-0.2, -0.15) is 0 Å². The molecule has 26 heavy (non-hydrogen) atoms. The van der Waals surface area contributed by atoms with E-state index >= 15 is 0 Å². The number of hydrogen-bond acceptors (Lipinski definition) is 4. The van der Waals surface area contributed by atoms with Crippen molar-refractivity contribution < 1.29 is 14.3 Å². The van der Waals surface area contributed by atoms with Crippen LogP contribution in [0.15, 0.2) is 23.1 Å². The van der Waals surface area contributed by atoms with Crippen LogP contribution >= 0.6 is 0 Å². The summed E-state index contributed by atoms with van der Waals surface area (Å²) < 4.78 is 16.5. The van der Waals surface area contributed by atoms with Gasteiger partial charge in [-0.1, -0.05) is 13.8 Å². The summed E-state index contributed by atoms with van der Waals surface area (Å²) in [4.78, 5) is 28.1. The van der Waals surface area contributed by atoms with Crippen molar-refractivity contribution in [2.75, 3.05) is 38.1 Å². The van der Waals surface area contributed by atoms with E-state index in [1.165, 1.54) is 12.3 Å². The molecule has 1 aliphatic heterocycles. The van der Waals surface area contributed by atoms with Crippen LogP contribution in [0.1, 0.15) is 24.2 Å². The lowest BCUT2D eigenvalue weighted by molar-refractivity contribution is 0.0694. The van der Waals surface area contributed by atoms with E-state index in [4.69, 9.17) is 0 Å². The standard InChI is InChI=1S/C19H24FN3O3/c1-12(2)10-23-11-14(19(25)26)18(24)13-8-15(20)17(9-16(13)23)22-6-4-21(3)5-7-22/h8-9,11-12H,4-7,10H2,1-3H3,(H,25,26). The Kier molecular flexibility index (Phi) is 5.00. The van der Waals surface area contributed by atoms with Gasteiger partial charge in [0.25, 0.3) is 0 Å². The Morgan fingerprint density at radius 1 is 1.23 bits per heavy atom. The van der Waals surface area contributed by atoms with Gasteiger partial charge in [-0.3, -0.25) is 4.79 Å². The number of fused-ring (bicyclic) bond motifs is 1. The summed E-state index contributed by atoms with van der Waals surface area (Å²) >= 11 is 0. The van der Waals surface area contributed by atoms with Crippen LogP contribution in [0.25, 0.3) is 10.9 Å². The minimum absolute atomic E-state index is 0.112. The Labute approximate surface area is 151 Å². The van der Waals surface area contributed by atoms with Gasteiger partial charge in [-0.15, -0.1) is 0 Å². The molecule has 1 aliphatic rings. The van der Waals surface area contributed by atoms with E-state index in [-0.39, 0.29) is 16.9 Å². The summed E-state index contributed by atoms with van der Waals surface area (Å²) in [5.41, 5.74) is 0.0656. The first-order chi connectivity index (χ1) is 12.3. The molecule has 1 N–H and O–H groups in total. The summed E-state index contributed by atoms with van der Waals surface area (Å²) in [5, 5.41) is 9.43. The molecule has 0 aliphatic carbocycles. The van der Waals surface area contributed by atoms with Gasteiger partial charge in [0.2, 0.25) is 5.43 Å². The van der Waals surface area contributed by atoms with Gasteiger partial charge < -0.3 is 19.5 Å². The molecular formula is C19H24FN3O3. The maximum absolute atomic E-state index is 14.8. The van der Waals surface area contributed by atoms with Crippen molar-refractivity contribution >= 4 is 22.6 Å². The van der Waals surface area contributed by atoms with E-state index in [9.17, 15) is 19.1 Å². The second-order valence-electron chi connectivity index (χ2n) is 7.33. The minimum Gasteiger partial charge on any atom is -0.477 e. The van der Waals surface area contributed by atoms with Crippen molar-refractivity contribution in [1.82, 2.24) is 9.47 Å². The highest BCUT2D eigenvalue weighted by Crippen LogP contribution is 2.26. The number of benzene rings is 1. The fourth-order valence-electron chi connectivity index (χ4n) is 3.39. The van der Waals surface area contributed by atoms with Crippen LogP contribution in [0, 0.1) is 11.7 Å². The van der Waals surface area contributed by atoms with Crippen molar-refractivity contribution in [3.63, 3.8) is 0 Å². The smallest absolute Gasteiger partial charge is 0.341 e. The molecule has 1 aromatic heterocycles. The number of piperazine rings is 1. The first-order valence-corrected chi connectivity index (χ1v) is 8.81. The molecule has 0 radical (unpaired) electrons. The van der Waals surface area contributed by atoms with Crippen molar-refractivity contribution in [2.45, 2.75) is 20.4 Å². The van der Waals surface area contributed by atoms with Gasteiger partial charge in [0.15, 0.2) is 0 Å². The second-order valence-corrected chi connectivity index (χ2v) is 7.33. The molecule has 0 saturated carbocycles. The fourth-order valence-corrected chi connectivity index (χ4v) is 3.39. The van der Waals surface area contributed by atoms with Crippen LogP contribution < -0.4 is 10.3 Å². The van der Waals surface area contributed by atoms with Crippen molar-refractivity contribution in [3.8, 4) is 0 Å². The third-order valence-corrected chi connectivity index (χ3v) is 4.78. The fraction of sp³-hybridized carbons (Fsp3) is 0.474. The zero-order valence-electron chi connectivity index (χ0n) is 15.3. The van der Waals surface area contributed by atoms with E-state index in [1.807, 2.05) is 25.8 Å². The van der Waals surface area contributed by atoms with Gasteiger partial charge in [0.05, 0.1) is 11.2 Å². The first kappa shape index (κ1) is 18.4. The van der Waals surface area contributed by atoms with Crippen molar-refractivity contribution in [3.05, 3.63) is 39.9 Å². The van der Waals surface area contributed by atoms with Crippen molar-refractivity contribution in [1.29, 1.82) is 0 Å². The molecule has 6 nitrogen and oxygen atoms in total. The summed E-state index contributed by atoms with van der Waals surface area (Å²) in [7, 11) is 2.03. The highest BCUT2D eigenvalue weighted by Gasteiger charge is 2.21. The number of rotatable bonds is 4. The van der Waals surface area contributed by atoms with Crippen molar-refractivity contribution in [2.24, 2.45) is 5.92 Å². The SMILES string of the molecule is CC(C)Cn1cc(C(=O)O)c(=O)c2cc(F)c(N3CCN(C)CC3)cc21. The molecule has 2 heterocycles. The number of anilines is 1. The van der Waals surface area contributed by atoms with Crippen LogP contribution in [0.3, 0.4) is 0 Å². The Morgan fingerprint density at radius 3 is 2.46 bits per heavy atom. The third kappa shape index (κ3) is 3.44. The molecule has 0 atom stereocenters. The molecule has 7 heteroatoms. The Morgan fingerprint density at radius 2 is 1.88 bits per heavy atom. The lowest BCUT2D eigenvalue weighted by atomic mass is 10.1. The lowest BCUT2D eigenvalue weighted by Crippen LogP contribution is -2.44. The molecule has 140 valence electrons. The normalized spacial score (nSPS) is 15.8. The van der Waals surface area contributed by atoms with Crippen LogP contribution in [0.2, 0.25) is 0 Å². The number of carboxylic acid groups (broad SMARTS) is 1. The monoisotopic (exact) mass is 361 g/mol. The van der Waals surface area contributed by atoms with E-state index in [1.54, 1.807) is 10.6 Å². The number of carboxylic acids is 1. The molecular weight excluding hydrogens is 337 g/mol. The first-order valence-electron chi connectivity index (χ1n) is 8.81. The van der Waals surface area contributed by atoms with Crippen LogP contribution in [-0.4, -0.2) is 53.8 Å². The number of likely N-dealkylation sites (N-methyl/N-ethyl adjacent to an activating group) is 1. The number of aromatic nitrogens is 1. The highest BCUT2D eigenvalue weighted by atomic mass is 19.1. The van der Waals surface area contributed by atoms with E-state index in [0.717, 1.165) is 13.1 Å². The number of halogens is 1. The predicted octanol–water partition coefficient (Wildman–Crippen LogP) is 2.25. The van der Waals surface area contributed by atoms with Gasteiger partial charge in [-0.05, 0) is 25.1 Å². The highest BCUT2D eigenvalue weighted by molar-refractivity contribution is 5.93. The zero-order chi connectivity index (χ0) is 19.0. The molecule has 1 aromatic carbocycles. The molecule has 1 fully saturated rings. The largest absolute Gasteiger partial charge is 0.477 e. The molecule has 0 amide bonds. The topological polar surface area (TPSA) is 65.8 Å². The average Bonchev–Trinajstić information content (AvgIpc) is 2.57. The van der Waals surface area contributed by atoms with Crippen LogP contribution in [0.4, 0.5) is 10.1 Å². The van der Waals surface area contributed by atoms with Gasteiger partial charge in [0, 0.05) is 44.3 Å². The molecule has 1 saturated heterocycles. The Hall–Kier alpha value is -2.41. The van der Waals surface area contributed by atoms with Gasteiger partial charge >= 0.3 is 5.97 Å². The number of carbonyl (C=O) groups is 1. The molecule has 3 rings (SSSR count). The van der Waals surface area contributed by atoms with E-state index in [0.29, 0.717) is 30.8 Å². The van der Waals surface area contributed by atoms with Gasteiger partial charge in [0.1, 0.15) is 11.4 Å². The average molecular weight is 361 g/mol. The lowest BCUT2D eigenvalue weighted by Gasteiger charge is -2.34. The summed E-state index contributed by atoms with van der Waals surface area (Å²) in [5.74, 6) is -1.53. The predicted molar refractivity (Wildman–Crippen MR) is 99.7 cm³/mol. The van der Waals surface area contributed by atoms with Crippen LogP contribution in [0.5, 0.6) is 0 Å². The number of pyridine rings is 1. The number of nitrogens with zero attached hydrogens (tertiary/aromatic N) is 3. The summed E-state index contributed by atoms with van der Waals surface area (Å²) in [6.07, 6.45) is 1.37. The molecule has 2 aromatic rings. The third-order valence-electron chi connectivity index (χ3n) is 4.78. The zero-order valence-corrected chi connectivity index (χ0v) is 15.3. The molecule has 0 unspecified atom stereocenters. The Bertz CT molecular complexity index is 899. The number of aromatic carboxylic acids is 1. The number of hydrogen-bond donors (Lipinski definition) is 1. The summed E-state index contributed by atoms with van der Waals surface area (Å²) in [6.45, 7) is 7.67. The minimum atomic E-state index is -1.29. The van der Waals surface area contributed by atoms with Gasteiger partial charge in [-0.25, -0.2) is 9.18 Å². The Balaban J connectivity index is 2.19. The maximum Gasteiger partial charge on any atom is 0.341 e. The van der Waals surface area contributed by atoms with Crippen LogP contribution in [-0.2, 0) is 6.54 Å². The second kappa shape index (κ2) is 7.07. The molecule has 0 bridgehead atoms. The molecule has 0 spiro atoms.